The van der Waals surface area contributed by atoms with Gasteiger partial charge < -0.3 is 24.8 Å². The van der Waals surface area contributed by atoms with Crippen molar-refractivity contribution >= 4 is 30.7 Å². The van der Waals surface area contributed by atoms with E-state index >= 15 is 0 Å². The molecule has 0 aromatic heterocycles. The molecule has 0 radical (unpaired) electrons. The lowest BCUT2D eigenvalue weighted by molar-refractivity contribution is -0.136. The summed E-state index contributed by atoms with van der Waals surface area (Å²) in [4.78, 5) is 17.0. The van der Waals surface area contributed by atoms with Crippen LogP contribution >= 0.6 is 24.8 Å². The number of benzene rings is 1. The molecule has 9 heteroatoms. The summed E-state index contributed by atoms with van der Waals surface area (Å²) < 4.78 is 16.1. The highest BCUT2D eigenvalue weighted by Crippen LogP contribution is 2.24. The van der Waals surface area contributed by atoms with Crippen LogP contribution in [0.4, 0.5) is 0 Å². The Morgan fingerprint density at radius 1 is 1.07 bits per heavy atom. The van der Waals surface area contributed by atoms with Crippen LogP contribution in [0.5, 0.6) is 11.5 Å². The molecular weight excluding hydrogens is 417 g/mol. The van der Waals surface area contributed by atoms with Crippen LogP contribution < -0.4 is 15.2 Å². The summed E-state index contributed by atoms with van der Waals surface area (Å²) in [6.07, 6.45) is 1.76. The summed E-state index contributed by atoms with van der Waals surface area (Å²) >= 11 is 0. The van der Waals surface area contributed by atoms with Crippen LogP contribution in [-0.4, -0.2) is 75.4 Å². The third kappa shape index (κ3) is 6.89. The molecule has 166 valence electrons. The number of nitrogens with two attached hydrogens (primary N) is 1. The Morgan fingerprint density at radius 3 is 2.14 bits per heavy atom. The minimum Gasteiger partial charge on any atom is -0.497 e. The molecule has 7 nitrogen and oxygen atoms in total. The molecule has 2 aliphatic heterocycles. The zero-order valence-corrected chi connectivity index (χ0v) is 18.8. The van der Waals surface area contributed by atoms with Crippen molar-refractivity contribution in [2.45, 2.75) is 25.4 Å². The number of nitrogens with zero attached hydrogens (tertiary/aromatic N) is 2. The number of amides is 1. The maximum absolute atomic E-state index is 12.7. The normalized spacial score (nSPS) is 18.9. The van der Waals surface area contributed by atoms with Crippen molar-refractivity contribution in [3.05, 3.63) is 23.8 Å². The third-order valence-electron chi connectivity index (χ3n) is 5.56. The van der Waals surface area contributed by atoms with Gasteiger partial charge in [0, 0.05) is 52.0 Å². The summed E-state index contributed by atoms with van der Waals surface area (Å²) in [5, 5.41) is 0. The van der Waals surface area contributed by atoms with Crippen LogP contribution in [0.25, 0.3) is 0 Å². The van der Waals surface area contributed by atoms with E-state index in [9.17, 15) is 4.79 Å². The Morgan fingerprint density at radius 2 is 1.62 bits per heavy atom. The predicted octanol–water partition coefficient (Wildman–Crippen LogP) is 1.95. The first-order valence-electron chi connectivity index (χ1n) is 9.67. The van der Waals surface area contributed by atoms with Crippen molar-refractivity contribution in [1.29, 1.82) is 0 Å². The van der Waals surface area contributed by atoms with Crippen molar-refractivity contribution < 1.29 is 19.0 Å². The number of piperazine rings is 1. The van der Waals surface area contributed by atoms with Crippen LogP contribution in [0.15, 0.2) is 18.2 Å². The Labute approximate surface area is 185 Å². The van der Waals surface area contributed by atoms with Gasteiger partial charge in [-0.25, -0.2) is 0 Å². The van der Waals surface area contributed by atoms with Gasteiger partial charge in [0.2, 0.25) is 5.91 Å². The highest BCUT2D eigenvalue weighted by molar-refractivity contribution is 5.85. The van der Waals surface area contributed by atoms with E-state index in [1.807, 2.05) is 23.1 Å². The molecule has 1 unspecified atom stereocenters. The van der Waals surface area contributed by atoms with Gasteiger partial charge >= 0.3 is 0 Å². The number of methoxy groups -OCH3 is 2. The van der Waals surface area contributed by atoms with E-state index < -0.39 is 6.04 Å². The fourth-order valence-electron chi connectivity index (χ4n) is 3.83. The summed E-state index contributed by atoms with van der Waals surface area (Å²) in [6, 6.07) is 5.53. The first kappa shape index (κ1) is 25.8. The maximum Gasteiger partial charge on any atom is 0.239 e. The highest BCUT2D eigenvalue weighted by atomic mass is 35.5. The minimum absolute atomic E-state index is 0. The van der Waals surface area contributed by atoms with Gasteiger partial charge in [0.1, 0.15) is 11.5 Å². The lowest BCUT2D eigenvalue weighted by Gasteiger charge is -2.37. The number of rotatable bonds is 6. The summed E-state index contributed by atoms with van der Waals surface area (Å²) in [6.45, 7) is 5.35. The van der Waals surface area contributed by atoms with Gasteiger partial charge in [-0.05, 0) is 36.5 Å². The summed E-state index contributed by atoms with van der Waals surface area (Å²) in [7, 11) is 3.31. The average molecular weight is 450 g/mol. The Balaban J connectivity index is 0.00000210. The van der Waals surface area contributed by atoms with Gasteiger partial charge in [0.15, 0.2) is 0 Å². The molecule has 0 aliphatic carbocycles. The van der Waals surface area contributed by atoms with Crippen molar-refractivity contribution in [2.75, 3.05) is 53.6 Å². The molecule has 0 spiro atoms. The minimum atomic E-state index is -0.400. The van der Waals surface area contributed by atoms with Gasteiger partial charge in [-0.2, -0.15) is 0 Å². The fourth-order valence-corrected chi connectivity index (χ4v) is 3.83. The lowest BCUT2D eigenvalue weighted by atomic mass is 9.91. The maximum atomic E-state index is 12.7. The molecule has 3 rings (SSSR count). The second-order valence-corrected chi connectivity index (χ2v) is 7.30. The van der Waals surface area contributed by atoms with E-state index in [4.69, 9.17) is 19.9 Å². The van der Waals surface area contributed by atoms with Crippen LogP contribution in [0.2, 0.25) is 0 Å². The molecule has 2 fully saturated rings. The number of hydrogen-bond acceptors (Lipinski definition) is 6. The van der Waals surface area contributed by atoms with Crippen LogP contribution in [0, 0.1) is 5.92 Å². The SMILES string of the molecule is COc1cc(CN2CCN(C(=O)C(N)C3CCOCC3)CC2)cc(OC)c1.Cl.Cl. The molecule has 1 atom stereocenters. The van der Waals surface area contributed by atoms with Gasteiger partial charge in [-0.3, -0.25) is 9.69 Å². The quantitative estimate of drug-likeness (QED) is 0.714. The first-order valence-corrected chi connectivity index (χ1v) is 9.67. The van der Waals surface area contributed by atoms with E-state index in [0.29, 0.717) is 13.2 Å². The van der Waals surface area contributed by atoms with Crippen molar-refractivity contribution in [2.24, 2.45) is 11.7 Å². The van der Waals surface area contributed by atoms with Crippen LogP contribution in [-0.2, 0) is 16.1 Å². The predicted molar refractivity (Wildman–Crippen MR) is 117 cm³/mol. The molecule has 29 heavy (non-hydrogen) atoms. The van der Waals surface area contributed by atoms with E-state index in [1.54, 1.807) is 14.2 Å². The molecule has 2 heterocycles. The van der Waals surface area contributed by atoms with E-state index in [1.165, 1.54) is 0 Å². The topological polar surface area (TPSA) is 77.3 Å². The average Bonchev–Trinajstić information content (AvgIpc) is 2.73. The monoisotopic (exact) mass is 449 g/mol. The van der Waals surface area contributed by atoms with E-state index in [0.717, 1.165) is 62.6 Å². The molecule has 2 N–H and O–H groups in total. The largest absolute Gasteiger partial charge is 0.497 e. The van der Waals surface area contributed by atoms with Crippen molar-refractivity contribution in [1.82, 2.24) is 9.80 Å². The zero-order chi connectivity index (χ0) is 19.2. The fraction of sp³-hybridized carbons (Fsp3) is 0.650. The van der Waals surface area contributed by atoms with Gasteiger partial charge in [-0.15, -0.1) is 24.8 Å². The number of hydrogen-bond donors (Lipinski definition) is 1. The molecule has 1 amide bonds. The second-order valence-electron chi connectivity index (χ2n) is 7.30. The second kappa shape index (κ2) is 12.4. The molecule has 1 aromatic carbocycles. The lowest BCUT2D eigenvalue weighted by Crippen LogP contribution is -2.55. The number of ether oxygens (including phenoxy) is 3. The Bertz CT molecular complexity index is 614. The van der Waals surface area contributed by atoms with Gasteiger partial charge in [0.25, 0.3) is 0 Å². The third-order valence-corrected chi connectivity index (χ3v) is 5.56. The molecule has 2 saturated heterocycles. The van der Waals surface area contributed by atoms with Crippen molar-refractivity contribution in [3.63, 3.8) is 0 Å². The van der Waals surface area contributed by atoms with Gasteiger partial charge in [-0.1, -0.05) is 0 Å². The molecule has 0 bridgehead atoms. The number of carbonyl (C=O) groups excluding carboxylic acids is 1. The number of carbonyl (C=O) groups is 1. The Hall–Kier alpha value is -1.25. The Kier molecular flexibility index (Phi) is 11.1. The van der Waals surface area contributed by atoms with E-state index in [-0.39, 0.29) is 36.6 Å². The van der Waals surface area contributed by atoms with Gasteiger partial charge in [0.05, 0.1) is 20.3 Å². The molecule has 1 aromatic rings. The van der Waals surface area contributed by atoms with Crippen molar-refractivity contribution in [3.8, 4) is 11.5 Å². The highest BCUT2D eigenvalue weighted by Gasteiger charge is 2.31. The van der Waals surface area contributed by atoms with E-state index in [2.05, 4.69) is 4.90 Å². The first-order chi connectivity index (χ1) is 13.1. The molecule has 0 saturated carbocycles. The summed E-state index contributed by atoms with van der Waals surface area (Å²) in [5.74, 6) is 1.92. The standard InChI is InChI=1S/C20H31N3O4.2ClH/c1-25-17-11-15(12-18(13-17)26-2)14-22-5-7-23(8-6-22)20(24)19(21)16-3-9-27-10-4-16;;/h11-13,16,19H,3-10,14,21H2,1-2H3;2*1H. The zero-order valence-electron chi connectivity index (χ0n) is 17.2. The summed E-state index contributed by atoms with van der Waals surface area (Å²) in [5.41, 5.74) is 7.40. The molecule has 2 aliphatic rings. The molecular formula is C20H33Cl2N3O4. The van der Waals surface area contributed by atoms with Crippen LogP contribution in [0.1, 0.15) is 18.4 Å². The smallest absolute Gasteiger partial charge is 0.239 e. The van der Waals surface area contributed by atoms with Crippen LogP contribution in [0.3, 0.4) is 0 Å². The number of halogens is 2.